The predicted octanol–water partition coefficient (Wildman–Crippen LogP) is 6.90. The number of urea groups is 1. The quantitative estimate of drug-likeness (QED) is 0.502. The minimum absolute atomic E-state index is 0.0305. The maximum Gasteiger partial charge on any atom is 0.416 e. The van der Waals surface area contributed by atoms with Crippen LogP contribution in [-0.4, -0.2) is 17.5 Å². The molecular formula is C22H22F6N2O. The second-order valence-electron chi connectivity index (χ2n) is 8.79. The van der Waals surface area contributed by atoms with Crippen LogP contribution in [0.2, 0.25) is 0 Å². The molecule has 0 radical (unpaired) electrons. The summed E-state index contributed by atoms with van der Waals surface area (Å²) >= 11 is 0. The smallest absolute Gasteiger partial charge is 0.315 e. The lowest BCUT2D eigenvalue weighted by Crippen LogP contribution is -2.45. The van der Waals surface area contributed by atoms with Gasteiger partial charge >= 0.3 is 18.4 Å². The van der Waals surface area contributed by atoms with Gasteiger partial charge < -0.3 is 10.2 Å². The zero-order valence-corrected chi connectivity index (χ0v) is 17.2. The van der Waals surface area contributed by atoms with Gasteiger partial charge in [0.2, 0.25) is 0 Å². The average molecular weight is 444 g/mol. The van der Waals surface area contributed by atoms with Crippen molar-refractivity contribution in [2.24, 2.45) is 5.41 Å². The molecule has 1 heterocycles. The van der Waals surface area contributed by atoms with Crippen molar-refractivity contribution in [3.8, 4) is 0 Å². The van der Waals surface area contributed by atoms with E-state index in [0.717, 1.165) is 5.56 Å². The van der Waals surface area contributed by atoms with Crippen LogP contribution in [0.3, 0.4) is 0 Å². The van der Waals surface area contributed by atoms with Crippen LogP contribution in [0, 0.1) is 5.41 Å². The fraction of sp³-hybridized carbons (Fsp3) is 0.409. The highest BCUT2D eigenvalue weighted by atomic mass is 19.4. The molecule has 1 atom stereocenters. The molecule has 3 nitrogen and oxygen atoms in total. The van der Waals surface area contributed by atoms with Crippen LogP contribution in [0.4, 0.5) is 36.8 Å². The van der Waals surface area contributed by atoms with Crippen LogP contribution in [0.5, 0.6) is 0 Å². The standard InChI is InChI=1S/C22H22F6N2O/c1-19(2)12-20(3,14-7-5-4-6-8-14)30(13-19)18(31)29-17-10-15(21(23,24)25)9-16(11-17)22(26,27)28/h4-11H,12-13H2,1-3H3,(H,29,31)/t20-/m0/s1. The number of nitrogens with one attached hydrogen (secondary N) is 1. The van der Waals surface area contributed by atoms with Crippen molar-refractivity contribution in [2.45, 2.75) is 45.1 Å². The Labute approximate surface area is 176 Å². The van der Waals surface area contributed by atoms with E-state index in [4.69, 9.17) is 0 Å². The van der Waals surface area contributed by atoms with E-state index in [9.17, 15) is 31.1 Å². The molecule has 2 aromatic rings. The first-order chi connectivity index (χ1) is 14.1. The third kappa shape index (κ3) is 4.80. The van der Waals surface area contributed by atoms with Crippen LogP contribution in [0.1, 0.15) is 43.9 Å². The summed E-state index contributed by atoms with van der Waals surface area (Å²) in [5.74, 6) is 0. The molecular weight excluding hydrogens is 422 g/mol. The summed E-state index contributed by atoms with van der Waals surface area (Å²) in [6.45, 7) is 6.03. The van der Waals surface area contributed by atoms with Gasteiger partial charge in [-0.05, 0) is 42.5 Å². The van der Waals surface area contributed by atoms with Crippen molar-refractivity contribution in [3.05, 3.63) is 65.2 Å². The summed E-state index contributed by atoms with van der Waals surface area (Å²) < 4.78 is 78.8. The first kappa shape index (κ1) is 23.0. The first-order valence-corrected chi connectivity index (χ1v) is 9.55. The molecule has 1 N–H and O–H groups in total. The topological polar surface area (TPSA) is 32.3 Å². The molecule has 0 spiro atoms. The highest BCUT2D eigenvalue weighted by Crippen LogP contribution is 2.47. The normalized spacial score (nSPS) is 21.3. The minimum atomic E-state index is -4.99. The van der Waals surface area contributed by atoms with E-state index in [0.29, 0.717) is 18.6 Å². The van der Waals surface area contributed by atoms with E-state index in [1.807, 2.05) is 51.1 Å². The van der Waals surface area contributed by atoms with Gasteiger partial charge in [0.1, 0.15) is 0 Å². The summed E-state index contributed by atoms with van der Waals surface area (Å²) in [5.41, 5.74) is -3.77. The van der Waals surface area contributed by atoms with E-state index in [1.165, 1.54) is 4.90 Å². The van der Waals surface area contributed by atoms with Crippen molar-refractivity contribution < 1.29 is 31.1 Å². The van der Waals surface area contributed by atoms with Gasteiger partial charge in [-0.25, -0.2) is 4.79 Å². The molecule has 9 heteroatoms. The predicted molar refractivity (Wildman–Crippen MR) is 104 cm³/mol. The number of benzene rings is 2. The maximum absolute atomic E-state index is 13.1. The average Bonchev–Trinajstić information content (AvgIpc) is 2.91. The second kappa shape index (κ2) is 7.46. The summed E-state index contributed by atoms with van der Waals surface area (Å²) in [4.78, 5) is 14.5. The monoisotopic (exact) mass is 444 g/mol. The Kier molecular flexibility index (Phi) is 5.52. The largest absolute Gasteiger partial charge is 0.416 e. The van der Waals surface area contributed by atoms with E-state index >= 15 is 0 Å². The molecule has 3 rings (SSSR count). The lowest BCUT2D eigenvalue weighted by molar-refractivity contribution is -0.143. The number of carbonyl (C=O) groups is 1. The van der Waals surface area contributed by atoms with Crippen LogP contribution >= 0.6 is 0 Å². The molecule has 168 valence electrons. The van der Waals surface area contributed by atoms with Crippen molar-refractivity contribution in [1.29, 1.82) is 0 Å². The van der Waals surface area contributed by atoms with Crippen molar-refractivity contribution >= 4 is 11.7 Å². The summed E-state index contributed by atoms with van der Waals surface area (Å²) in [7, 11) is 0. The van der Waals surface area contributed by atoms with Gasteiger partial charge in [0, 0.05) is 12.2 Å². The number of likely N-dealkylation sites (tertiary alicyclic amines) is 1. The molecule has 0 unspecified atom stereocenters. The number of rotatable bonds is 2. The van der Waals surface area contributed by atoms with Crippen LogP contribution in [-0.2, 0) is 17.9 Å². The number of nitrogens with zero attached hydrogens (tertiary/aromatic N) is 1. The van der Waals surface area contributed by atoms with Gasteiger partial charge in [0.15, 0.2) is 0 Å². The Morgan fingerprint density at radius 2 is 1.42 bits per heavy atom. The number of amides is 2. The van der Waals surface area contributed by atoms with Gasteiger partial charge in [0.25, 0.3) is 0 Å². The van der Waals surface area contributed by atoms with E-state index < -0.39 is 40.7 Å². The molecule has 1 aliphatic rings. The zero-order chi connectivity index (χ0) is 23.2. The lowest BCUT2D eigenvalue weighted by Gasteiger charge is -2.36. The van der Waals surface area contributed by atoms with Crippen molar-refractivity contribution in [1.82, 2.24) is 4.90 Å². The number of alkyl halides is 6. The van der Waals surface area contributed by atoms with Gasteiger partial charge in [-0.1, -0.05) is 44.2 Å². The van der Waals surface area contributed by atoms with Gasteiger partial charge in [-0.2, -0.15) is 26.3 Å². The molecule has 0 saturated carbocycles. The third-order valence-electron chi connectivity index (χ3n) is 5.48. The molecule has 0 bridgehead atoms. The lowest BCUT2D eigenvalue weighted by atomic mass is 9.81. The molecule has 1 saturated heterocycles. The Morgan fingerprint density at radius 3 is 1.90 bits per heavy atom. The zero-order valence-electron chi connectivity index (χ0n) is 17.2. The molecule has 1 aliphatic heterocycles. The maximum atomic E-state index is 13.1. The number of hydrogen-bond acceptors (Lipinski definition) is 1. The number of halogens is 6. The highest BCUT2D eigenvalue weighted by molar-refractivity contribution is 5.90. The summed E-state index contributed by atoms with van der Waals surface area (Å²) in [5, 5.41) is 2.26. The molecule has 1 fully saturated rings. The fourth-order valence-electron chi connectivity index (χ4n) is 4.25. The molecule has 0 aromatic heterocycles. The van der Waals surface area contributed by atoms with E-state index in [1.54, 1.807) is 0 Å². The van der Waals surface area contributed by atoms with Gasteiger partial charge in [-0.3, -0.25) is 0 Å². The SMILES string of the molecule is CC1(C)CN(C(=O)Nc2cc(C(F)(F)F)cc(C(F)(F)F)c2)[C@](C)(c2ccccc2)C1. The fourth-order valence-corrected chi connectivity index (χ4v) is 4.25. The molecule has 2 amide bonds. The Morgan fingerprint density at radius 1 is 0.903 bits per heavy atom. The van der Waals surface area contributed by atoms with E-state index in [-0.39, 0.29) is 18.0 Å². The summed E-state index contributed by atoms with van der Waals surface area (Å²) in [6.07, 6.45) is -9.41. The Bertz CT molecular complexity index is 936. The van der Waals surface area contributed by atoms with Crippen LogP contribution < -0.4 is 5.32 Å². The molecule has 2 aromatic carbocycles. The number of anilines is 1. The van der Waals surface area contributed by atoms with Crippen LogP contribution in [0.15, 0.2) is 48.5 Å². The van der Waals surface area contributed by atoms with Crippen LogP contribution in [0.25, 0.3) is 0 Å². The Balaban J connectivity index is 1.98. The van der Waals surface area contributed by atoms with Crippen molar-refractivity contribution in [3.63, 3.8) is 0 Å². The third-order valence-corrected chi connectivity index (χ3v) is 5.48. The summed E-state index contributed by atoms with van der Waals surface area (Å²) in [6, 6.07) is 9.41. The Hall–Kier alpha value is -2.71. The van der Waals surface area contributed by atoms with Gasteiger partial charge in [0.05, 0.1) is 16.7 Å². The first-order valence-electron chi connectivity index (χ1n) is 9.55. The second-order valence-corrected chi connectivity index (χ2v) is 8.79. The minimum Gasteiger partial charge on any atom is -0.315 e. The molecule has 31 heavy (non-hydrogen) atoms. The molecule has 0 aliphatic carbocycles. The van der Waals surface area contributed by atoms with E-state index in [2.05, 4.69) is 5.32 Å². The van der Waals surface area contributed by atoms with Gasteiger partial charge in [-0.15, -0.1) is 0 Å². The van der Waals surface area contributed by atoms with Crippen molar-refractivity contribution in [2.75, 3.05) is 11.9 Å². The highest BCUT2D eigenvalue weighted by Gasteiger charge is 2.49. The number of hydrogen-bond donors (Lipinski definition) is 1. The number of carbonyl (C=O) groups excluding carboxylic acids is 1.